The van der Waals surface area contributed by atoms with Crippen molar-refractivity contribution in [2.45, 2.75) is 39.2 Å². The van der Waals surface area contributed by atoms with Crippen LogP contribution in [0.15, 0.2) is 12.4 Å². The molecule has 0 aliphatic carbocycles. The first-order valence-corrected chi connectivity index (χ1v) is 5.41. The Kier molecular flexibility index (Phi) is 4.24. The van der Waals surface area contributed by atoms with Gasteiger partial charge >= 0.3 is 0 Å². The van der Waals surface area contributed by atoms with Crippen molar-refractivity contribution >= 4 is 0 Å². The van der Waals surface area contributed by atoms with Crippen LogP contribution >= 0.6 is 0 Å². The molecule has 1 unspecified atom stereocenters. The number of methoxy groups -OCH3 is 1. The highest BCUT2D eigenvalue weighted by Gasteiger charge is 2.15. The summed E-state index contributed by atoms with van der Waals surface area (Å²) in [7, 11) is 1.66. The van der Waals surface area contributed by atoms with Gasteiger partial charge in [0.1, 0.15) is 6.61 Å². The van der Waals surface area contributed by atoms with E-state index in [-0.39, 0.29) is 11.5 Å². The normalized spacial score (nSPS) is 13.6. The average molecular weight is 224 g/mol. The van der Waals surface area contributed by atoms with Crippen molar-refractivity contribution < 1.29 is 9.47 Å². The molecule has 0 aromatic carbocycles. The molecule has 0 aliphatic rings. The van der Waals surface area contributed by atoms with E-state index in [0.717, 1.165) is 5.69 Å². The third kappa shape index (κ3) is 3.77. The maximum Gasteiger partial charge on any atom is 0.232 e. The van der Waals surface area contributed by atoms with Gasteiger partial charge in [-0.25, -0.2) is 4.98 Å². The molecule has 0 aliphatic heterocycles. The Labute approximate surface area is 97.0 Å². The maximum absolute atomic E-state index is 5.43. The van der Waals surface area contributed by atoms with Crippen LogP contribution in [0.3, 0.4) is 0 Å². The van der Waals surface area contributed by atoms with Crippen molar-refractivity contribution in [3.05, 3.63) is 18.1 Å². The Morgan fingerprint density at radius 1 is 1.25 bits per heavy atom. The topological polar surface area (TPSA) is 44.2 Å². The second-order valence-corrected chi connectivity index (χ2v) is 4.85. The maximum atomic E-state index is 5.43. The van der Waals surface area contributed by atoms with Crippen LogP contribution in [0.2, 0.25) is 0 Å². The summed E-state index contributed by atoms with van der Waals surface area (Å²) in [6.45, 7) is 8.73. The predicted molar refractivity (Wildman–Crippen MR) is 62.7 cm³/mol. The smallest absolute Gasteiger partial charge is 0.232 e. The van der Waals surface area contributed by atoms with Crippen molar-refractivity contribution in [1.29, 1.82) is 0 Å². The Balaban J connectivity index is 2.58. The first kappa shape index (κ1) is 12.9. The van der Waals surface area contributed by atoms with Gasteiger partial charge in [-0.2, -0.15) is 0 Å². The minimum absolute atomic E-state index is 0.0192. The van der Waals surface area contributed by atoms with Crippen LogP contribution < -0.4 is 4.74 Å². The summed E-state index contributed by atoms with van der Waals surface area (Å²) < 4.78 is 10.5. The van der Waals surface area contributed by atoms with Gasteiger partial charge in [0.2, 0.25) is 5.88 Å². The zero-order valence-electron chi connectivity index (χ0n) is 10.7. The molecular formula is C12H20N2O2. The Bertz CT molecular complexity index is 317. The predicted octanol–water partition coefficient (Wildman–Crippen LogP) is 2.19. The number of rotatable bonds is 4. The molecule has 4 nitrogen and oxygen atoms in total. The highest BCUT2D eigenvalue weighted by molar-refractivity contribution is 5.13. The van der Waals surface area contributed by atoms with Gasteiger partial charge in [-0.3, -0.25) is 4.98 Å². The molecule has 0 saturated heterocycles. The van der Waals surface area contributed by atoms with E-state index in [2.05, 4.69) is 30.7 Å². The van der Waals surface area contributed by atoms with Crippen LogP contribution in [0.25, 0.3) is 0 Å². The van der Waals surface area contributed by atoms with E-state index in [1.165, 1.54) is 0 Å². The largest absolute Gasteiger partial charge is 0.474 e. The van der Waals surface area contributed by atoms with Crippen LogP contribution in [0.1, 0.15) is 33.4 Å². The van der Waals surface area contributed by atoms with E-state index in [4.69, 9.17) is 9.47 Å². The van der Waals surface area contributed by atoms with Gasteiger partial charge in [-0.15, -0.1) is 0 Å². The van der Waals surface area contributed by atoms with E-state index in [1.54, 1.807) is 19.5 Å². The fourth-order valence-corrected chi connectivity index (χ4v) is 1.05. The summed E-state index contributed by atoms with van der Waals surface area (Å²) >= 11 is 0. The van der Waals surface area contributed by atoms with Crippen LogP contribution in [0.4, 0.5) is 0 Å². The minimum atomic E-state index is 0.0192. The zero-order valence-corrected chi connectivity index (χ0v) is 10.7. The molecule has 4 heteroatoms. The highest BCUT2D eigenvalue weighted by Crippen LogP contribution is 2.19. The van der Waals surface area contributed by atoms with E-state index >= 15 is 0 Å². The number of hydrogen-bond acceptors (Lipinski definition) is 4. The summed E-state index contributed by atoms with van der Waals surface area (Å²) in [4.78, 5) is 8.54. The molecule has 0 amide bonds. The van der Waals surface area contributed by atoms with Crippen LogP contribution in [-0.4, -0.2) is 29.8 Å². The summed E-state index contributed by atoms with van der Waals surface area (Å²) in [5, 5.41) is 0. The summed E-state index contributed by atoms with van der Waals surface area (Å²) in [5.41, 5.74) is 0.977. The number of aromatic nitrogens is 2. The van der Waals surface area contributed by atoms with Crippen molar-refractivity contribution in [3.63, 3.8) is 0 Å². The van der Waals surface area contributed by atoms with Crippen LogP contribution in [-0.2, 0) is 10.2 Å². The minimum Gasteiger partial charge on any atom is -0.474 e. The molecule has 0 fully saturated rings. The molecule has 1 aromatic heterocycles. The first-order chi connectivity index (χ1) is 7.43. The van der Waals surface area contributed by atoms with Gasteiger partial charge in [0.05, 0.1) is 24.2 Å². The molecule has 1 rings (SSSR count). The Hall–Kier alpha value is -1.16. The van der Waals surface area contributed by atoms with E-state index < -0.39 is 0 Å². The Morgan fingerprint density at radius 3 is 2.38 bits per heavy atom. The summed E-state index contributed by atoms with van der Waals surface area (Å²) in [6, 6.07) is 0. The molecule has 0 spiro atoms. The second kappa shape index (κ2) is 5.25. The van der Waals surface area contributed by atoms with Crippen LogP contribution in [0.5, 0.6) is 5.88 Å². The molecule has 0 saturated carbocycles. The molecule has 1 heterocycles. The fraction of sp³-hybridized carbons (Fsp3) is 0.667. The van der Waals surface area contributed by atoms with Gasteiger partial charge in [-0.1, -0.05) is 20.8 Å². The lowest BCUT2D eigenvalue weighted by atomic mass is 9.93. The Morgan fingerprint density at radius 2 is 1.94 bits per heavy atom. The average Bonchev–Trinajstić information content (AvgIpc) is 2.25. The van der Waals surface area contributed by atoms with Gasteiger partial charge in [0, 0.05) is 12.5 Å². The first-order valence-electron chi connectivity index (χ1n) is 5.41. The lowest BCUT2D eigenvalue weighted by molar-refractivity contribution is 0.0697. The SMILES string of the molecule is COC(C)COc1cnc(C(C)(C)C)cn1. The molecule has 16 heavy (non-hydrogen) atoms. The highest BCUT2D eigenvalue weighted by atomic mass is 16.5. The van der Waals surface area contributed by atoms with Gasteiger partial charge in [-0.05, 0) is 6.92 Å². The summed E-state index contributed by atoms with van der Waals surface area (Å²) in [5.74, 6) is 0.539. The molecular weight excluding hydrogens is 204 g/mol. The molecule has 0 N–H and O–H groups in total. The third-order valence-corrected chi connectivity index (χ3v) is 2.26. The van der Waals surface area contributed by atoms with Crippen molar-refractivity contribution in [3.8, 4) is 5.88 Å². The monoisotopic (exact) mass is 224 g/mol. The molecule has 1 atom stereocenters. The lowest BCUT2D eigenvalue weighted by Gasteiger charge is -2.17. The van der Waals surface area contributed by atoms with Gasteiger partial charge < -0.3 is 9.47 Å². The van der Waals surface area contributed by atoms with Crippen LogP contribution in [0, 0.1) is 0 Å². The quantitative estimate of drug-likeness (QED) is 0.786. The van der Waals surface area contributed by atoms with E-state index in [9.17, 15) is 0 Å². The van der Waals surface area contributed by atoms with Gasteiger partial charge in [0.25, 0.3) is 0 Å². The van der Waals surface area contributed by atoms with Crippen molar-refractivity contribution in [2.75, 3.05) is 13.7 Å². The molecule has 90 valence electrons. The second-order valence-electron chi connectivity index (χ2n) is 4.85. The number of ether oxygens (including phenoxy) is 2. The number of nitrogens with zero attached hydrogens (tertiary/aromatic N) is 2. The van der Waals surface area contributed by atoms with Crippen molar-refractivity contribution in [1.82, 2.24) is 9.97 Å². The van der Waals surface area contributed by atoms with Gasteiger partial charge in [0.15, 0.2) is 0 Å². The standard InChI is InChI=1S/C12H20N2O2/c1-9(15-5)8-16-11-7-13-10(6-14-11)12(2,3)4/h6-7,9H,8H2,1-5H3. The zero-order chi connectivity index (χ0) is 12.2. The van der Waals surface area contributed by atoms with E-state index in [1.807, 2.05) is 6.92 Å². The van der Waals surface area contributed by atoms with E-state index in [0.29, 0.717) is 12.5 Å². The summed E-state index contributed by atoms with van der Waals surface area (Å²) in [6.07, 6.45) is 3.47. The lowest BCUT2D eigenvalue weighted by Crippen LogP contribution is -2.17. The fourth-order valence-electron chi connectivity index (χ4n) is 1.05. The third-order valence-electron chi connectivity index (χ3n) is 2.26. The van der Waals surface area contributed by atoms with Crippen molar-refractivity contribution in [2.24, 2.45) is 0 Å². The molecule has 1 aromatic rings. The molecule has 0 radical (unpaired) electrons. The number of hydrogen-bond donors (Lipinski definition) is 0. The molecule has 0 bridgehead atoms.